The van der Waals surface area contributed by atoms with Gasteiger partial charge in [0.05, 0.1) is 0 Å². The molecule has 1 fully saturated rings. The van der Waals surface area contributed by atoms with Crippen LogP contribution < -0.4 is 4.90 Å². The Labute approximate surface area is 105 Å². The summed E-state index contributed by atoms with van der Waals surface area (Å²) >= 11 is 3.48. The van der Waals surface area contributed by atoms with Gasteiger partial charge in [-0.15, -0.1) is 0 Å². The summed E-state index contributed by atoms with van der Waals surface area (Å²) in [5.41, 5.74) is 1.04. The van der Waals surface area contributed by atoms with Gasteiger partial charge in [-0.2, -0.15) is 0 Å². The van der Waals surface area contributed by atoms with E-state index in [2.05, 4.69) is 41.8 Å². The Bertz CT molecular complexity index is 337. The highest BCUT2D eigenvalue weighted by atomic mass is 79.9. The summed E-state index contributed by atoms with van der Waals surface area (Å²) in [4.78, 5) is 13.3. The van der Waals surface area contributed by atoms with Gasteiger partial charge in [0.2, 0.25) is 0 Å². The molecule has 0 aromatic carbocycles. The largest absolute Gasteiger partial charge is 0.354 e. The van der Waals surface area contributed by atoms with Crippen LogP contribution in [-0.4, -0.2) is 52.9 Å². The molecule has 1 aliphatic rings. The van der Waals surface area contributed by atoms with E-state index in [-0.39, 0.29) is 0 Å². The molecule has 0 radical (unpaired) electrons. The van der Waals surface area contributed by atoms with E-state index < -0.39 is 0 Å². The molecule has 0 saturated carbocycles. The molecule has 0 atom stereocenters. The smallest absolute Gasteiger partial charge is 0.132 e. The fourth-order valence-corrected chi connectivity index (χ4v) is 2.44. The number of hydrogen-bond acceptors (Lipinski definition) is 4. The van der Waals surface area contributed by atoms with E-state index in [4.69, 9.17) is 0 Å². The van der Waals surface area contributed by atoms with Gasteiger partial charge >= 0.3 is 0 Å². The Morgan fingerprint density at radius 3 is 2.62 bits per heavy atom. The first-order chi connectivity index (χ1) is 7.79. The predicted molar refractivity (Wildman–Crippen MR) is 69.2 cm³/mol. The Balaban J connectivity index is 1.94. The molecule has 0 aliphatic carbocycles. The van der Waals surface area contributed by atoms with Crippen LogP contribution in [0.5, 0.6) is 0 Å². The molecular formula is C11H17BrN4. The predicted octanol–water partition coefficient (Wildman–Crippen LogP) is 1.30. The SMILES string of the molecule is Cc1cc(N2CCN(CCBr)CC2)ncn1. The molecule has 0 spiro atoms. The second-order valence-electron chi connectivity index (χ2n) is 4.04. The number of halogens is 1. The van der Waals surface area contributed by atoms with Crippen molar-refractivity contribution in [3.05, 3.63) is 18.1 Å². The van der Waals surface area contributed by atoms with E-state index in [1.165, 1.54) is 0 Å². The Morgan fingerprint density at radius 2 is 2.00 bits per heavy atom. The lowest BCUT2D eigenvalue weighted by Crippen LogP contribution is -2.47. The van der Waals surface area contributed by atoms with E-state index >= 15 is 0 Å². The van der Waals surface area contributed by atoms with Crippen LogP contribution in [0.25, 0.3) is 0 Å². The van der Waals surface area contributed by atoms with Gasteiger partial charge < -0.3 is 4.90 Å². The number of nitrogens with zero attached hydrogens (tertiary/aromatic N) is 4. The highest BCUT2D eigenvalue weighted by molar-refractivity contribution is 9.09. The molecule has 1 aromatic rings. The zero-order valence-electron chi connectivity index (χ0n) is 9.56. The topological polar surface area (TPSA) is 32.3 Å². The third kappa shape index (κ3) is 2.92. The van der Waals surface area contributed by atoms with Crippen molar-refractivity contribution in [2.45, 2.75) is 6.92 Å². The molecule has 0 N–H and O–H groups in total. The molecule has 2 heterocycles. The van der Waals surface area contributed by atoms with Crippen LogP contribution in [0, 0.1) is 6.92 Å². The summed E-state index contributed by atoms with van der Waals surface area (Å²) < 4.78 is 0. The molecule has 0 amide bonds. The monoisotopic (exact) mass is 284 g/mol. The standard InChI is InChI=1S/C11H17BrN4/c1-10-8-11(14-9-13-10)16-6-4-15(3-2-12)5-7-16/h8-9H,2-7H2,1H3. The molecule has 4 nitrogen and oxygen atoms in total. The lowest BCUT2D eigenvalue weighted by atomic mass is 10.3. The van der Waals surface area contributed by atoms with Crippen LogP contribution in [0.15, 0.2) is 12.4 Å². The second kappa shape index (κ2) is 5.59. The quantitative estimate of drug-likeness (QED) is 0.784. The number of aromatic nitrogens is 2. The van der Waals surface area contributed by atoms with E-state index in [9.17, 15) is 0 Å². The number of piperazine rings is 1. The normalized spacial score (nSPS) is 17.8. The van der Waals surface area contributed by atoms with Crippen molar-refractivity contribution in [2.75, 3.05) is 43.0 Å². The third-order valence-electron chi connectivity index (χ3n) is 2.89. The van der Waals surface area contributed by atoms with Crippen molar-refractivity contribution in [1.29, 1.82) is 0 Å². The lowest BCUT2D eigenvalue weighted by molar-refractivity contribution is 0.273. The summed E-state index contributed by atoms with van der Waals surface area (Å²) in [5.74, 6) is 1.06. The molecule has 1 aromatic heterocycles. The van der Waals surface area contributed by atoms with Gasteiger partial charge in [-0.25, -0.2) is 9.97 Å². The van der Waals surface area contributed by atoms with E-state index in [0.717, 1.165) is 49.6 Å². The van der Waals surface area contributed by atoms with Gasteiger partial charge in [-0.05, 0) is 6.92 Å². The van der Waals surface area contributed by atoms with E-state index in [1.807, 2.05) is 6.92 Å². The van der Waals surface area contributed by atoms with Crippen molar-refractivity contribution in [3.63, 3.8) is 0 Å². The molecule has 5 heteroatoms. The lowest BCUT2D eigenvalue weighted by Gasteiger charge is -2.35. The van der Waals surface area contributed by atoms with E-state index in [1.54, 1.807) is 6.33 Å². The number of anilines is 1. The summed E-state index contributed by atoms with van der Waals surface area (Å²) in [7, 11) is 0. The summed E-state index contributed by atoms with van der Waals surface area (Å²) in [6.45, 7) is 7.50. The molecule has 1 saturated heterocycles. The highest BCUT2D eigenvalue weighted by Gasteiger charge is 2.17. The van der Waals surface area contributed by atoms with Crippen LogP contribution in [0.4, 0.5) is 5.82 Å². The number of rotatable bonds is 3. The summed E-state index contributed by atoms with van der Waals surface area (Å²) in [5, 5.41) is 1.06. The van der Waals surface area contributed by atoms with Gasteiger partial charge in [-0.3, -0.25) is 4.90 Å². The fourth-order valence-electron chi connectivity index (χ4n) is 1.93. The van der Waals surface area contributed by atoms with Crippen LogP contribution in [0.1, 0.15) is 5.69 Å². The second-order valence-corrected chi connectivity index (χ2v) is 4.83. The summed E-state index contributed by atoms with van der Waals surface area (Å²) in [6.07, 6.45) is 1.65. The van der Waals surface area contributed by atoms with Crippen molar-refractivity contribution < 1.29 is 0 Å². The Kier molecular flexibility index (Phi) is 4.12. The molecular weight excluding hydrogens is 268 g/mol. The van der Waals surface area contributed by atoms with E-state index in [0.29, 0.717) is 0 Å². The van der Waals surface area contributed by atoms with Crippen LogP contribution in [-0.2, 0) is 0 Å². The average Bonchev–Trinajstić information content (AvgIpc) is 2.30. The van der Waals surface area contributed by atoms with Gasteiger partial charge in [0.25, 0.3) is 0 Å². The third-order valence-corrected chi connectivity index (χ3v) is 3.24. The molecule has 0 bridgehead atoms. The van der Waals surface area contributed by atoms with Gasteiger partial charge in [-0.1, -0.05) is 15.9 Å². The van der Waals surface area contributed by atoms with Crippen molar-refractivity contribution >= 4 is 21.7 Å². The Morgan fingerprint density at radius 1 is 1.25 bits per heavy atom. The highest BCUT2D eigenvalue weighted by Crippen LogP contribution is 2.13. The molecule has 16 heavy (non-hydrogen) atoms. The minimum Gasteiger partial charge on any atom is -0.354 e. The van der Waals surface area contributed by atoms with Gasteiger partial charge in [0, 0.05) is 49.8 Å². The zero-order valence-corrected chi connectivity index (χ0v) is 11.2. The number of aryl methyl sites for hydroxylation is 1. The molecule has 0 unspecified atom stereocenters. The maximum Gasteiger partial charge on any atom is 0.132 e. The minimum atomic E-state index is 1.04. The van der Waals surface area contributed by atoms with Crippen molar-refractivity contribution in [3.8, 4) is 0 Å². The minimum absolute atomic E-state index is 1.04. The Hall–Kier alpha value is -0.680. The van der Waals surface area contributed by atoms with Crippen molar-refractivity contribution in [2.24, 2.45) is 0 Å². The number of alkyl halides is 1. The molecule has 1 aliphatic heterocycles. The first kappa shape index (κ1) is 11.8. The average molecular weight is 285 g/mol. The number of hydrogen-bond donors (Lipinski definition) is 0. The van der Waals surface area contributed by atoms with Gasteiger partial charge in [0.1, 0.15) is 12.1 Å². The fraction of sp³-hybridized carbons (Fsp3) is 0.636. The first-order valence-corrected chi connectivity index (χ1v) is 6.73. The van der Waals surface area contributed by atoms with Crippen LogP contribution in [0.2, 0.25) is 0 Å². The molecule has 2 rings (SSSR count). The zero-order chi connectivity index (χ0) is 11.4. The van der Waals surface area contributed by atoms with Crippen molar-refractivity contribution in [1.82, 2.24) is 14.9 Å². The molecule has 88 valence electrons. The maximum atomic E-state index is 4.32. The van der Waals surface area contributed by atoms with Gasteiger partial charge in [0.15, 0.2) is 0 Å². The van der Waals surface area contributed by atoms with Crippen LogP contribution in [0.3, 0.4) is 0 Å². The summed E-state index contributed by atoms with van der Waals surface area (Å²) in [6, 6.07) is 2.06. The van der Waals surface area contributed by atoms with Crippen LogP contribution >= 0.6 is 15.9 Å². The maximum absolute atomic E-state index is 4.32. The first-order valence-electron chi connectivity index (χ1n) is 5.61.